The highest BCUT2D eigenvalue weighted by Gasteiger charge is 2.19. The maximum atomic E-state index is 12.8. The van der Waals surface area contributed by atoms with Crippen LogP contribution in [0.5, 0.6) is 0 Å². The second-order valence-corrected chi connectivity index (χ2v) is 8.18. The van der Waals surface area contributed by atoms with Crippen LogP contribution in [-0.4, -0.2) is 54.2 Å². The molecule has 7 nitrogen and oxygen atoms in total. The Labute approximate surface area is 194 Å². The summed E-state index contributed by atoms with van der Waals surface area (Å²) in [5.74, 6) is 0.0384. The molecule has 172 valence electrons. The van der Waals surface area contributed by atoms with Crippen molar-refractivity contribution < 1.29 is 19.1 Å². The van der Waals surface area contributed by atoms with Crippen molar-refractivity contribution in [2.45, 2.75) is 26.8 Å². The van der Waals surface area contributed by atoms with Crippen molar-refractivity contribution in [3.63, 3.8) is 0 Å². The smallest absolute Gasteiger partial charge is 0.340 e. The Bertz CT molecular complexity index is 1100. The molecule has 1 aliphatic rings. The highest BCUT2D eigenvalue weighted by atomic mass is 16.5. The lowest BCUT2D eigenvalue weighted by Gasteiger charge is -2.27. The van der Waals surface area contributed by atoms with Gasteiger partial charge >= 0.3 is 5.97 Å². The summed E-state index contributed by atoms with van der Waals surface area (Å²) < 4.78 is 12.8. The minimum atomic E-state index is -0.553. The lowest BCUT2D eigenvalue weighted by atomic mass is 10.1. The molecule has 0 amide bonds. The van der Waals surface area contributed by atoms with Crippen LogP contribution < -0.4 is 4.90 Å². The average Bonchev–Trinajstić information content (AvgIpc) is 3.15. The van der Waals surface area contributed by atoms with Crippen LogP contribution in [0.2, 0.25) is 0 Å². The third-order valence-electron chi connectivity index (χ3n) is 5.99. The van der Waals surface area contributed by atoms with E-state index in [0.29, 0.717) is 24.3 Å². The van der Waals surface area contributed by atoms with E-state index in [1.807, 2.05) is 38.1 Å². The van der Waals surface area contributed by atoms with Crippen molar-refractivity contribution in [3.8, 4) is 0 Å². The van der Waals surface area contributed by atoms with Gasteiger partial charge in [0.25, 0.3) is 0 Å². The first kappa shape index (κ1) is 22.7. The van der Waals surface area contributed by atoms with E-state index in [4.69, 9.17) is 9.47 Å². The number of hydrogen-bond acceptors (Lipinski definition) is 6. The topological polar surface area (TPSA) is 73.7 Å². The number of hydrogen-bond donors (Lipinski definition) is 0. The van der Waals surface area contributed by atoms with Gasteiger partial charge in [0, 0.05) is 42.8 Å². The molecule has 7 heteroatoms. The molecule has 1 fully saturated rings. The number of carbonyl (C=O) groups excluding carboxylic acids is 2. The van der Waals surface area contributed by atoms with E-state index < -0.39 is 5.97 Å². The first-order valence-corrected chi connectivity index (χ1v) is 11.2. The third kappa shape index (κ3) is 5.49. The molecule has 33 heavy (non-hydrogen) atoms. The molecule has 4 rings (SSSR count). The van der Waals surface area contributed by atoms with Gasteiger partial charge in [-0.1, -0.05) is 30.3 Å². The SMILES string of the molecule is Cc1cc(C(=O)COC(=O)c2ccc(N3CCOCC3)nc2)c(C)n1CCc1ccccc1. The summed E-state index contributed by atoms with van der Waals surface area (Å²) in [5.41, 5.74) is 4.07. The summed E-state index contributed by atoms with van der Waals surface area (Å²) in [7, 11) is 0. The van der Waals surface area contributed by atoms with Gasteiger partial charge in [-0.15, -0.1) is 0 Å². The molecule has 0 radical (unpaired) electrons. The molecule has 0 saturated carbocycles. The summed E-state index contributed by atoms with van der Waals surface area (Å²) in [4.78, 5) is 31.7. The number of anilines is 1. The van der Waals surface area contributed by atoms with Crippen molar-refractivity contribution >= 4 is 17.6 Å². The van der Waals surface area contributed by atoms with E-state index in [9.17, 15) is 9.59 Å². The number of rotatable bonds is 8. The molecular weight excluding hydrogens is 418 g/mol. The Hall–Kier alpha value is -3.45. The van der Waals surface area contributed by atoms with Gasteiger partial charge in [0.1, 0.15) is 5.82 Å². The number of pyridine rings is 1. The summed E-state index contributed by atoms with van der Waals surface area (Å²) in [6.07, 6.45) is 2.38. The minimum absolute atomic E-state index is 0.208. The fraction of sp³-hybridized carbons (Fsp3) is 0.346. The van der Waals surface area contributed by atoms with Crippen LogP contribution in [-0.2, 0) is 22.4 Å². The van der Waals surface area contributed by atoms with Crippen molar-refractivity contribution in [2.24, 2.45) is 0 Å². The molecule has 3 aromatic rings. The number of Topliss-reactive ketones (excluding diaryl/α,β-unsaturated/α-hetero) is 1. The standard InChI is InChI=1S/C26H29N3O4/c1-19-16-23(20(2)29(19)11-10-21-6-4-3-5-7-21)24(30)18-33-26(31)22-8-9-25(27-17-22)28-12-14-32-15-13-28/h3-9,16-17H,10-15,18H2,1-2H3. The number of carbonyl (C=O) groups is 2. The van der Waals surface area contributed by atoms with Crippen molar-refractivity contribution in [1.29, 1.82) is 0 Å². The van der Waals surface area contributed by atoms with Crippen LogP contribution in [0.1, 0.15) is 37.7 Å². The maximum Gasteiger partial charge on any atom is 0.340 e. The minimum Gasteiger partial charge on any atom is -0.454 e. The molecular formula is C26H29N3O4. The molecule has 0 atom stereocenters. The van der Waals surface area contributed by atoms with E-state index in [-0.39, 0.29) is 12.4 Å². The zero-order valence-corrected chi connectivity index (χ0v) is 19.1. The van der Waals surface area contributed by atoms with Gasteiger partial charge in [0.15, 0.2) is 6.61 Å². The third-order valence-corrected chi connectivity index (χ3v) is 5.99. The molecule has 1 aromatic carbocycles. The van der Waals surface area contributed by atoms with Gasteiger partial charge in [-0.3, -0.25) is 4.79 Å². The lowest BCUT2D eigenvalue weighted by molar-refractivity contribution is 0.0474. The van der Waals surface area contributed by atoms with Crippen LogP contribution >= 0.6 is 0 Å². The number of esters is 1. The van der Waals surface area contributed by atoms with Gasteiger partial charge in [-0.05, 0) is 44.0 Å². The van der Waals surface area contributed by atoms with Gasteiger partial charge in [-0.2, -0.15) is 0 Å². The summed E-state index contributed by atoms with van der Waals surface area (Å²) >= 11 is 0. The summed E-state index contributed by atoms with van der Waals surface area (Å²) in [6.45, 7) is 7.29. The average molecular weight is 448 g/mol. The van der Waals surface area contributed by atoms with Gasteiger partial charge in [0.05, 0.1) is 18.8 Å². The molecule has 0 spiro atoms. The highest BCUT2D eigenvalue weighted by molar-refractivity contribution is 6.00. The van der Waals surface area contributed by atoms with E-state index in [1.54, 1.807) is 12.1 Å². The van der Waals surface area contributed by atoms with Gasteiger partial charge in [-0.25, -0.2) is 9.78 Å². The Kier molecular flexibility index (Phi) is 7.19. The molecule has 1 saturated heterocycles. The van der Waals surface area contributed by atoms with Crippen molar-refractivity contribution in [2.75, 3.05) is 37.8 Å². The van der Waals surface area contributed by atoms with E-state index in [0.717, 1.165) is 43.3 Å². The number of ether oxygens (including phenoxy) is 2. The number of ketones is 1. The number of nitrogens with zero attached hydrogens (tertiary/aromatic N) is 3. The number of benzene rings is 1. The highest BCUT2D eigenvalue weighted by Crippen LogP contribution is 2.18. The Morgan fingerprint density at radius 1 is 1.06 bits per heavy atom. The summed E-state index contributed by atoms with van der Waals surface area (Å²) in [6, 6.07) is 15.6. The van der Waals surface area contributed by atoms with Crippen molar-refractivity contribution in [3.05, 3.63) is 82.8 Å². The normalized spacial score (nSPS) is 13.7. The van der Waals surface area contributed by atoms with E-state index in [1.165, 1.54) is 11.8 Å². The van der Waals surface area contributed by atoms with Gasteiger partial charge in [0.2, 0.25) is 5.78 Å². The predicted octanol–water partition coefficient (Wildman–Crippen LogP) is 3.62. The first-order chi connectivity index (χ1) is 16.0. The molecule has 1 aliphatic heterocycles. The zero-order chi connectivity index (χ0) is 23.2. The monoisotopic (exact) mass is 447 g/mol. The quantitative estimate of drug-likeness (QED) is 0.388. The van der Waals surface area contributed by atoms with Crippen LogP contribution in [0.25, 0.3) is 0 Å². The Morgan fingerprint density at radius 2 is 1.82 bits per heavy atom. The molecule has 0 N–H and O–H groups in total. The fourth-order valence-corrected chi connectivity index (χ4v) is 4.09. The number of aryl methyl sites for hydroxylation is 2. The second-order valence-electron chi connectivity index (χ2n) is 8.18. The number of morpholine rings is 1. The molecule has 0 aliphatic carbocycles. The summed E-state index contributed by atoms with van der Waals surface area (Å²) in [5, 5.41) is 0. The fourth-order valence-electron chi connectivity index (χ4n) is 4.09. The molecule has 0 bridgehead atoms. The Morgan fingerprint density at radius 3 is 2.52 bits per heavy atom. The van der Waals surface area contributed by atoms with Crippen LogP contribution in [0, 0.1) is 13.8 Å². The first-order valence-electron chi connectivity index (χ1n) is 11.2. The van der Waals surface area contributed by atoms with Gasteiger partial charge < -0.3 is 18.9 Å². The zero-order valence-electron chi connectivity index (χ0n) is 19.1. The van der Waals surface area contributed by atoms with Crippen LogP contribution in [0.4, 0.5) is 5.82 Å². The van der Waals surface area contributed by atoms with E-state index >= 15 is 0 Å². The molecule has 0 unspecified atom stereocenters. The second kappa shape index (κ2) is 10.4. The maximum absolute atomic E-state index is 12.8. The molecule has 3 heterocycles. The van der Waals surface area contributed by atoms with E-state index in [2.05, 4.69) is 26.6 Å². The van der Waals surface area contributed by atoms with Crippen LogP contribution in [0.15, 0.2) is 54.7 Å². The predicted molar refractivity (Wildman–Crippen MR) is 126 cm³/mol. The largest absolute Gasteiger partial charge is 0.454 e. The molecule has 2 aromatic heterocycles. The Balaban J connectivity index is 1.34. The van der Waals surface area contributed by atoms with Crippen molar-refractivity contribution in [1.82, 2.24) is 9.55 Å². The number of aromatic nitrogens is 2. The lowest BCUT2D eigenvalue weighted by Crippen LogP contribution is -2.36. The van der Waals surface area contributed by atoms with Crippen LogP contribution in [0.3, 0.4) is 0 Å².